The monoisotopic (exact) mass is 619 g/mol. The molecule has 5 amide bonds. The molecule has 2 saturated carbocycles. The Hall–Kier alpha value is -3.18. The lowest BCUT2D eigenvalue weighted by Gasteiger charge is -2.36. The smallest absolute Gasteiger partial charge is 0.329 e. The summed E-state index contributed by atoms with van der Waals surface area (Å²) in [5.41, 5.74) is 3.87. The van der Waals surface area contributed by atoms with Gasteiger partial charge in [-0.1, -0.05) is 67.7 Å². The number of likely N-dealkylation sites (tertiary alicyclic amines) is 1. The van der Waals surface area contributed by atoms with Crippen LogP contribution in [0.15, 0.2) is 0 Å². The van der Waals surface area contributed by atoms with E-state index in [1.165, 1.54) is 4.90 Å². The zero-order chi connectivity index (χ0) is 33.0. The second kappa shape index (κ2) is 14.3. The molecule has 3 rings (SSSR count). The predicted octanol–water partition coefficient (Wildman–Crippen LogP) is 2.42. The number of urea groups is 1. The van der Waals surface area contributed by atoms with Crippen molar-refractivity contribution in [3.05, 3.63) is 0 Å². The van der Waals surface area contributed by atoms with Crippen LogP contribution in [-0.2, 0) is 28.7 Å². The first-order valence-electron chi connectivity index (χ1n) is 16.1. The molecule has 1 aliphatic heterocycles. The van der Waals surface area contributed by atoms with Crippen molar-refractivity contribution in [2.75, 3.05) is 13.2 Å². The summed E-state index contributed by atoms with van der Waals surface area (Å²) in [6, 6.07) is -4.58. The number of nitrogens with one attached hydrogen (secondary N) is 3. The highest BCUT2D eigenvalue weighted by Crippen LogP contribution is 2.35. The second-order valence-electron chi connectivity index (χ2n) is 15.2. The number of carbonyl (C=O) groups excluding carboxylic acids is 6. The van der Waals surface area contributed by atoms with Crippen LogP contribution in [0.5, 0.6) is 0 Å². The van der Waals surface area contributed by atoms with Crippen LogP contribution in [0.3, 0.4) is 0 Å². The molecule has 1 heterocycles. The topological polar surface area (TPSA) is 177 Å². The summed E-state index contributed by atoms with van der Waals surface area (Å²) >= 11 is 0. The van der Waals surface area contributed by atoms with Gasteiger partial charge in [0.05, 0.1) is 12.6 Å². The maximum Gasteiger partial charge on any atom is 0.329 e. The van der Waals surface area contributed by atoms with Crippen molar-refractivity contribution >= 4 is 35.5 Å². The lowest BCUT2D eigenvalue weighted by molar-refractivity contribution is -0.149. The summed E-state index contributed by atoms with van der Waals surface area (Å²) < 4.78 is 5.47. The fourth-order valence-electron chi connectivity index (χ4n) is 5.71. The number of amides is 5. The number of nitrogens with two attached hydrogens (primary N) is 1. The quantitative estimate of drug-likeness (QED) is 0.170. The van der Waals surface area contributed by atoms with E-state index >= 15 is 0 Å². The summed E-state index contributed by atoms with van der Waals surface area (Å²) in [6.07, 6.45) is 6.26. The lowest BCUT2D eigenvalue weighted by Crippen LogP contribution is -2.61. The largest absolute Gasteiger partial charge is 0.464 e. The van der Waals surface area contributed by atoms with Gasteiger partial charge in [0, 0.05) is 6.54 Å². The highest BCUT2D eigenvalue weighted by atomic mass is 16.5. The maximum atomic E-state index is 14.2. The molecule has 12 nitrogen and oxygen atoms in total. The van der Waals surface area contributed by atoms with E-state index in [0.717, 1.165) is 38.5 Å². The van der Waals surface area contributed by atoms with Crippen LogP contribution < -0.4 is 21.7 Å². The number of esters is 1. The number of Topliss-reactive ketones (excluding diaryl/α,β-unsaturated/α-hetero) is 1. The van der Waals surface area contributed by atoms with Crippen LogP contribution in [0.2, 0.25) is 0 Å². The van der Waals surface area contributed by atoms with Crippen molar-refractivity contribution in [1.82, 2.24) is 20.9 Å². The number of rotatable bonds is 14. The van der Waals surface area contributed by atoms with Crippen molar-refractivity contribution in [1.29, 1.82) is 0 Å². The number of ether oxygens (including phenoxy) is 1. The fourth-order valence-corrected chi connectivity index (χ4v) is 5.71. The Labute approximate surface area is 261 Å². The van der Waals surface area contributed by atoms with Gasteiger partial charge in [-0.05, 0) is 60.7 Å². The first-order chi connectivity index (χ1) is 20.4. The summed E-state index contributed by atoms with van der Waals surface area (Å²) in [5, 5.41) is 8.24. The molecule has 0 aromatic heterocycles. The van der Waals surface area contributed by atoms with E-state index in [2.05, 4.69) is 16.0 Å². The molecule has 5 N–H and O–H groups in total. The average Bonchev–Trinajstić information content (AvgIpc) is 3.85. The zero-order valence-electron chi connectivity index (χ0n) is 27.5. The molecular weight excluding hydrogens is 566 g/mol. The molecule has 3 aliphatic rings. The standard InChI is InChI=1S/C32H53N5O7/c1-8-9-20-15-22(27(40)34-21(14-18-10-11-18)23(38)26(33)39)37(16-20)28(41)24(31(2,3)4)35-30(43)36-25(32(5,6)7)29(42)44-17-19-12-13-19/h18-22,24-25H,8-17H2,1-7H3,(H2,33,39)(H,34,40)(H2,35,36,43)/t20-,21?,22+,24-,25-/m1/s1. The third-order valence-electron chi connectivity index (χ3n) is 8.74. The van der Waals surface area contributed by atoms with Crippen LogP contribution in [0, 0.1) is 28.6 Å². The van der Waals surface area contributed by atoms with Crippen LogP contribution in [0.1, 0.15) is 99.8 Å². The highest BCUT2D eigenvalue weighted by molar-refractivity contribution is 6.37. The molecule has 0 aromatic carbocycles. The molecule has 2 aliphatic carbocycles. The van der Waals surface area contributed by atoms with E-state index in [-0.39, 0.29) is 11.8 Å². The molecule has 0 aromatic rings. The molecule has 0 radical (unpaired) electrons. The molecule has 12 heteroatoms. The molecule has 0 spiro atoms. The summed E-state index contributed by atoms with van der Waals surface area (Å²) in [4.78, 5) is 79.8. The SMILES string of the molecule is CCC[C@@H]1C[C@@H](C(=O)NC(CC2CC2)C(=O)C(N)=O)N(C(=O)[C@@H](NC(=O)N[C@H](C(=O)OCC2CC2)C(C)(C)C)C(C)(C)C)C1. The Morgan fingerprint density at radius 1 is 0.841 bits per heavy atom. The number of carbonyl (C=O) groups is 6. The third kappa shape index (κ3) is 9.92. The normalized spacial score (nSPS) is 22.4. The van der Waals surface area contributed by atoms with Crippen molar-refractivity contribution in [2.24, 2.45) is 34.3 Å². The summed E-state index contributed by atoms with van der Waals surface area (Å²) in [5.74, 6) is -2.76. The summed E-state index contributed by atoms with van der Waals surface area (Å²) in [7, 11) is 0. The average molecular weight is 620 g/mol. The van der Waals surface area contributed by atoms with Gasteiger partial charge < -0.3 is 31.3 Å². The minimum atomic E-state index is -1.10. The van der Waals surface area contributed by atoms with Gasteiger partial charge in [0.2, 0.25) is 17.6 Å². The van der Waals surface area contributed by atoms with Gasteiger partial charge in [0.15, 0.2) is 0 Å². The van der Waals surface area contributed by atoms with E-state index in [0.29, 0.717) is 31.9 Å². The Kier molecular flexibility index (Phi) is 11.5. The molecule has 44 heavy (non-hydrogen) atoms. The fraction of sp³-hybridized carbons (Fsp3) is 0.812. The number of ketones is 1. The summed E-state index contributed by atoms with van der Waals surface area (Å²) in [6.45, 7) is 13.6. The van der Waals surface area contributed by atoms with E-state index in [1.807, 2.05) is 48.5 Å². The van der Waals surface area contributed by atoms with Crippen molar-refractivity contribution in [3.63, 3.8) is 0 Å². The zero-order valence-corrected chi connectivity index (χ0v) is 27.5. The van der Waals surface area contributed by atoms with Crippen molar-refractivity contribution in [2.45, 2.75) is 124 Å². The Bertz CT molecular complexity index is 1100. The van der Waals surface area contributed by atoms with Gasteiger partial charge in [-0.2, -0.15) is 0 Å². The van der Waals surface area contributed by atoms with E-state index < -0.39 is 70.5 Å². The van der Waals surface area contributed by atoms with Gasteiger partial charge in [-0.3, -0.25) is 19.2 Å². The number of primary amides is 1. The number of hydrogen-bond acceptors (Lipinski definition) is 7. The second-order valence-corrected chi connectivity index (χ2v) is 15.2. The van der Waals surface area contributed by atoms with Crippen LogP contribution in [0.4, 0.5) is 4.79 Å². The van der Waals surface area contributed by atoms with Crippen LogP contribution in [0.25, 0.3) is 0 Å². The number of nitrogens with zero attached hydrogens (tertiary/aromatic N) is 1. The van der Waals surface area contributed by atoms with Gasteiger partial charge >= 0.3 is 12.0 Å². The van der Waals surface area contributed by atoms with Gasteiger partial charge in [-0.15, -0.1) is 0 Å². The van der Waals surface area contributed by atoms with Crippen molar-refractivity contribution < 1.29 is 33.5 Å². The Balaban J connectivity index is 1.78. The van der Waals surface area contributed by atoms with E-state index in [4.69, 9.17) is 10.5 Å². The maximum absolute atomic E-state index is 14.2. The van der Waals surface area contributed by atoms with Crippen molar-refractivity contribution in [3.8, 4) is 0 Å². The first-order valence-corrected chi connectivity index (χ1v) is 16.1. The lowest BCUT2D eigenvalue weighted by atomic mass is 9.85. The molecule has 0 bridgehead atoms. The Morgan fingerprint density at radius 3 is 1.91 bits per heavy atom. The minimum absolute atomic E-state index is 0.0503. The van der Waals surface area contributed by atoms with Gasteiger partial charge in [0.25, 0.3) is 5.91 Å². The first kappa shape index (κ1) is 35.3. The third-order valence-corrected chi connectivity index (χ3v) is 8.74. The minimum Gasteiger partial charge on any atom is -0.464 e. The molecular formula is C32H53N5O7. The Morgan fingerprint density at radius 2 is 1.41 bits per heavy atom. The van der Waals surface area contributed by atoms with E-state index in [9.17, 15) is 28.8 Å². The highest BCUT2D eigenvalue weighted by Gasteiger charge is 2.46. The predicted molar refractivity (Wildman–Crippen MR) is 164 cm³/mol. The van der Waals surface area contributed by atoms with Crippen LogP contribution in [-0.4, -0.2) is 77.7 Å². The molecule has 5 atom stereocenters. The molecule has 1 unspecified atom stereocenters. The van der Waals surface area contributed by atoms with Gasteiger partial charge in [0.1, 0.15) is 18.1 Å². The number of hydrogen-bond donors (Lipinski definition) is 4. The van der Waals surface area contributed by atoms with E-state index in [1.54, 1.807) is 0 Å². The molecule has 3 fully saturated rings. The molecule has 1 saturated heterocycles. The molecule has 248 valence electrons. The van der Waals surface area contributed by atoms with Crippen LogP contribution >= 0.6 is 0 Å². The van der Waals surface area contributed by atoms with Gasteiger partial charge in [-0.25, -0.2) is 9.59 Å².